The molecule has 0 radical (unpaired) electrons. The number of hydrogen-bond donors (Lipinski definition) is 2. The molecule has 1 aliphatic rings. The van der Waals surface area contributed by atoms with Gasteiger partial charge in [0.15, 0.2) is 0 Å². The summed E-state index contributed by atoms with van der Waals surface area (Å²) in [6.07, 6.45) is -0.596. The monoisotopic (exact) mass is 624 g/mol. The number of urea groups is 1. The van der Waals surface area contributed by atoms with Crippen LogP contribution in [0, 0.1) is 5.92 Å². The number of methoxy groups -OCH3 is 1. The van der Waals surface area contributed by atoms with Crippen LogP contribution in [0.4, 0.5) is 10.5 Å². The highest BCUT2D eigenvalue weighted by Gasteiger charge is 2.38. The first-order valence-electron chi connectivity index (χ1n) is 14.3. The van der Waals surface area contributed by atoms with Crippen molar-refractivity contribution in [1.29, 1.82) is 0 Å². The van der Waals surface area contributed by atoms with Gasteiger partial charge in [0, 0.05) is 50.9 Å². The Bertz CT molecular complexity index is 1590. The van der Waals surface area contributed by atoms with Crippen molar-refractivity contribution in [2.75, 3.05) is 53.3 Å². The first-order valence-corrected chi connectivity index (χ1v) is 15.7. The lowest BCUT2D eigenvalue weighted by Crippen LogP contribution is -2.50. The molecule has 3 aromatic rings. The van der Waals surface area contributed by atoms with Gasteiger partial charge in [0.25, 0.3) is 5.91 Å². The molecule has 3 atom stereocenters. The second-order valence-electron chi connectivity index (χ2n) is 11.2. The Morgan fingerprint density at radius 2 is 1.75 bits per heavy atom. The van der Waals surface area contributed by atoms with Crippen LogP contribution in [0.25, 0.3) is 11.1 Å². The number of rotatable bonds is 8. The average molecular weight is 625 g/mol. The number of sulfonamides is 1. The van der Waals surface area contributed by atoms with E-state index in [1.807, 2.05) is 13.0 Å². The number of nitrogens with one attached hydrogen (secondary N) is 1. The Morgan fingerprint density at radius 3 is 2.39 bits per heavy atom. The zero-order valence-electron chi connectivity index (χ0n) is 25.9. The Balaban J connectivity index is 1.69. The predicted molar refractivity (Wildman–Crippen MR) is 169 cm³/mol. The first-order chi connectivity index (χ1) is 20.8. The van der Waals surface area contributed by atoms with Crippen molar-refractivity contribution >= 4 is 27.6 Å². The minimum atomic E-state index is -4.05. The van der Waals surface area contributed by atoms with Gasteiger partial charge in [-0.25, -0.2) is 13.2 Å². The highest BCUT2D eigenvalue weighted by Crippen LogP contribution is 2.37. The number of likely N-dealkylation sites (N-methyl/N-ethyl adjacent to an activating group) is 1. The Labute approximate surface area is 259 Å². The molecule has 0 bridgehead atoms. The van der Waals surface area contributed by atoms with Gasteiger partial charge in [0.2, 0.25) is 10.0 Å². The molecule has 0 unspecified atom stereocenters. The van der Waals surface area contributed by atoms with E-state index < -0.39 is 22.2 Å². The first kappa shape index (κ1) is 32.8. The Kier molecular flexibility index (Phi) is 10.2. The molecular formula is C32H40N4O7S. The molecular weight excluding hydrogens is 584 g/mol. The van der Waals surface area contributed by atoms with Crippen molar-refractivity contribution in [3.05, 3.63) is 72.3 Å². The SMILES string of the molecule is COc1ccc(NC(=O)N(C)C[C@H]2Oc3cc(-c4cccc(C(=O)N(C)C)c4)ccc3S(=O)(=O)N([C@@H](C)CO)C[C@H]2C)cc1. The Hall–Kier alpha value is -4.13. The van der Waals surface area contributed by atoms with Gasteiger partial charge < -0.3 is 29.7 Å². The topological polar surface area (TPSA) is 129 Å². The summed E-state index contributed by atoms with van der Waals surface area (Å²) in [5.41, 5.74) is 2.46. The van der Waals surface area contributed by atoms with Crippen LogP contribution in [0.1, 0.15) is 24.2 Å². The fourth-order valence-corrected chi connectivity index (χ4v) is 6.78. The highest BCUT2D eigenvalue weighted by atomic mass is 32.2. The average Bonchev–Trinajstić information content (AvgIpc) is 3.02. The van der Waals surface area contributed by atoms with E-state index in [1.54, 1.807) is 89.8 Å². The molecule has 3 amide bonds. The summed E-state index contributed by atoms with van der Waals surface area (Å²) in [6, 6.07) is 17.8. The summed E-state index contributed by atoms with van der Waals surface area (Å²) in [4.78, 5) is 28.6. The number of amides is 3. The van der Waals surface area contributed by atoms with E-state index in [9.17, 15) is 23.1 Å². The predicted octanol–water partition coefficient (Wildman–Crippen LogP) is 4.00. The highest BCUT2D eigenvalue weighted by molar-refractivity contribution is 7.89. The molecule has 1 aliphatic heterocycles. The molecule has 4 rings (SSSR count). The number of carbonyl (C=O) groups is 2. The van der Waals surface area contributed by atoms with E-state index in [0.717, 1.165) is 0 Å². The molecule has 44 heavy (non-hydrogen) atoms. The number of hydrogen-bond acceptors (Lipinski definition) is 7. The standard InChI is InChI=1S/C32H40N4O7S/c1-21-18-36(22(2)20-37)44(40,41)30-15-10-24(23-8-7-9-25(16-23)31(38)34(3)4)17-28(30)43-29(21)19-35(5)32(39)33-26-11-13-27(42-6)14-12-26/h7-17,21-22,29,37H,18-20H2,1-6H3,(H,33,39)/t21-,22+,29-/m1/s1. The minimum Gasteiger partial charge on any atom is -0.497 e. The second kappa shape index (κ2) is 13.7. The summed E-state index contributed by atoms with van der Waals surface area (Å²) >= 11 is 0. The van der Waals surface area contributed by atoms with Gasteiger partial charge in [-0.05, 0) is 66.6 Å². The van der Waals surface area contributed by atoms with Gasteiger partial charge in [-0.1, -0.05) is 25.1 Å². The number of nitrogens with zero attached hydrogens (tertiary/aromatic N) is 3. The number of fused-ring (bicyclic) bond motifs is 1. The maximum atomic E-state index is 13.9. The summed E-state index contributed by atoms with van der Waals surface area (Å²) < 4.78 is 40.7. The van der Waals surface area contributed by atoms with Gasteiger partial charge >= 0.3 is 6.03 Å². The summed E-state index contributed by atoms with van der Waals surface area (Å²) in [5, 5.41) is 12.8. The third-order valence-electron chi connectivity index (χ3n) is 7.66. The largest absolute Gasteiger partial charge is 0.497 e. The summed E-state index contributed by atoms with van der Waals surface area (Å²) in [6.45, 7) is 3.39. The van der Waals surface area contributed by atoms with Crippen molar-refractivity contribution in [2.24, 2.45) is 5.92 Å². The molecule has 0 saturated carbocycles. The fourth-order valence-electron chi connectivity index (χ4n) is 4.96. The van der Waals surface area contributed by atoms with Crippen LogP contribution >= 0.6 is 0 Å². The van der Waals surface area contributed by atoms with E-state index in [4.69, 9.17) is 9.47 Å². The minimum absolute atomic E-state index is 0.0377. The van der Waals surface area contributed by atoms with E-state index >= 15 is 0 Å². The fraction of sp³-hybridized carbons (Fsp3) is 0.375. The van der Waals surface area contributed by atoms with Crippen molar-refractivity contribution in [3.8, 4) is 22.6 Å². The Morgan fingerprint density at radius 1 is 1.07 bits per heavy atom. The van der Waals surface area contributed by atoms with Crippen molar-refractivity contribution in [3.63, 3.8) is 0 Å². The van der Waals surface area contributed by atoms with Crippen molar-refractivity contribution in [2.45, 2.75) is 30.9 Å². The maximum Gasteiger partial charge on any atom is 0.321 e. The number of carbonyl (C=O) groups excluding carboxylic acids is 2. The number of aliphatic hydroxyl groups is 1. The molecule has 2 N–H and O–H groups in total. The van der Waals surface area contributed by atoms with Gasteiger partial charge in [-0.2, -0.15) is 4.31 Å². The summed E-state index contributed by atoms with van der Waals surface area (Å²) in [7, 11) is 2.51. The quantitative estimate of drug-likeness (QED) is 0.388. The molecule has 12 heteroatoms. The van der Waals surface area contributed by atoms with Crippen LogP contribution in [-0.4, -0.2) is 99.7 Å². The zero-order valence-corrected chi connectivity index (χ0v) is 26.7. The van der Waals surface area contributed by atoms with Gasteiger partial charge in [-0.15, -0.1) is 0 Å². The van der Waals surface area contributed by atoms with Crippen LogP contribution < -0.4 is 14.8 Å². The third-order valence-corrected chi connectivity index (χ3v) is 9.68. The number of ether oxygens (including phenoxy) is 2. The number of aliphatic hydroxyl groups excluding tert-OH is 1. The van der Waals surface area contributed by atoms with Crippen molar-refractivity contribution in [1.82, 2.24) is 14.1 Å². The molecule has 236 valence electrons. The lowest BCUT2D eigenvalue weighted by atomic mass is 10.0. The van der Waals surface area contributed by atoms with E-state index in [0.29, 0.717) is 28.1 Å². The van der Waals surface area contributed by atoms with Crippen LogP contribution in [0.2, 0.25) is 0 Å². The third kappa shape index (κ3) is 7.15. The van der Waals surface area contributed by atoms with Crippen LogP contribution in [0.15, 0.2) is 71.6 Å². The smallest absolute Gasteiger partial charge is 0.321 e. The number of anilines is 1. The normalized spacial score (nSPS) is 18.5. The molecule has 0 aliphatic carbocycles. The molecule has 11 nitrogen and oxygen atoms in total. The lowest BCUT2D eigenvalue weighted by Gasteiger charge is -2.37. The number of benzene rings is 3. The van der Waals surface area contributed by atoms with E-state index in [2.05, 4.69) is 5.32 Å². The lowest BCUT2D eigenvalue weighted by molar-refractivity contribution is 0.0827. The van der Waals surface area contributed by atoms with Gasteiger partial charge in [-0.3, -0.25) is 4.79 Å². The molecule has 0 spiro atoms. The van der Waals surface area contributed by atoms with Crippen LogP contribution in [-0.2, 0) is 10.0 Å². The second-order valence-corrected chi connectivity index (χ2v) is 13.1. The molecule has 0 fully saturated rings. The molecule has 0 aromatic heterocycles. The van der Waals surface area contributed by atoms with Crippen LogP contribution in [0.3, 0.4) is 0 Å². The van der Waals surface area contributed by atoms with Crippen LogP contribution in [0.5, 0.6) is 11.5 Å². The zero-order chi connectivity index (χ0) is 32.2. The molecule has 0 saturated heterocycles. The maximum absolute atomic E-state index is 13.9. The molecule has 3 aromatic carbocycles. The van der Waals surface area contributed by atoms with E-state index in [1.165, 1.54) is 20.2 Å². The van der Waals surface area contributed by atoms with Crippen molar-refractivity contribution < 1.29 is 32.6 Å². The van der Waals surface area contributed by atoms with Gasteiger partial charge in [0.05, 0.1) is 20.3 Å². The summed E-state index contributed by atoms with van der Waals surface area (Å²) in [5.74, 6) is 0.282. The molecule has 1 heterocycles. The van der Waals surface area contributed by atoms with E-state index in [-0.39, 0.29) is 48.2 Å². The van der Waals surface area contributed by atoms with Gasteiger partial charge in [0.1, 0.15) is 22.5 Å².